The van der Waals surface area contributed by atoms with E-state index in [1.807, 2.05) is 13.0 Å². The summed E-state index contributed by atoms with van der Waals surface area (Å²) in [5.74, 6) is -1.52. The van der Waals surface area contributed by atoms with Gasteiger partial charge >= 0.3 is 5.97 Å². The van der Waals surface area contributed by atoms with E-state index in [0.717, 1.165) is 16.9 Å². The van der Waals surface area contributed by atoms with Crippen LogP contribution in [0.4, 0.5) is 5.00 Å². The molecule has 0 unspecified atom stereocenters. The number of nitrogens with one attached hydrogen (secondary N) is 1. The fourth-order valence-electron chi connectivity index (χ4n) is 2.53. The Kier molecular flexibility index (Phi) is 5.32. The Labute approximate surface area is 164 Å². The molecule has 0 aliphatic rings. The Bertz CT molecular complexity index is 1010. The van der Waals surface area contributed by atoms with Gasteiger partial charge in [0.15, 0.2) is 0 Å². The van der Waals surface area contributed by atoms with Crippen molar-refractivity contribution < 1.29 is 14.7 Å². The Morgan fingerprint density at radius 1 is 1.08 bits per heavy atom. The SMILES string of the molecule is Cc1cccc(C(=O)Nc2scc(-c3ccc(Cl)cc3Cl)c2C(=O)O)c1. The molecule has 0 atom stereocenters. The van der Waals surface area contributed by atoms with Crippen LogP contribution in [-0.2, 0) is 0 Å². The van der Waals surface area contributed by atoms with E-state index in [1.165, 1.54) is 0 Å². The summed E-state index contributed by atoms with van der Waals surface area (Å²) < 4.78 is 0. The third-order valence-electron chi connectivity index (χ3n) is 3.73. The lowest BCUT2D eigenvalue weighted by Gasteiger charge is -2.08. The van der Waals surface area contributed by atoms with Gasteiger partial charge in [0.1, 0.15) is 10.6 Å². The van der Waals surface area contributed by atoms with E-state index in [4.69, 9.17) is 23.2 Å². The number of rotatable bonds is 4. The van der Waals surface area contributed by atoms with Crippen LogP contribution >= 0.6 is 34.5 Å². The molecule has 1 aromatic heterocycles. The normalized spacial score (nSPS) is 10.6. The van der Waals surface area contributed by atoms with Gasteiger partial charge in [-0.05, 0) is 31.2 Å². The molecule has 0 radical (unpaired) electrons. The maximum absolute atomic E-state index is 12.5. The van der Waals surface area contributed by atoms with E-state index in [1.54, 1.807) is 41.8 Å². The van der Waals surface area contributed by atoms with E-state index >= 15 is 0 Å². The number of carbonyl (C=O) groups is 2. The molecule has 1 amide bonds. The van der Waals surface area contributed by atoms with Gasteiger partial charge in [0.2, 0.25) is 0 Å². The van der Waals surface area contributed by atoms with Crippen molar-refractivity contribution in [3.05, 3.63) is 74.6 Å². The van der Waals surface area contributed by atoms with E-state index in [0.29, 0.717) is 26.7 Å². The highest BCUT2D eigenvalue weighted by molar-refractivity contribution is 7.15. The maximum atomic E-state index is 12.5. The van der Waals surface area contributed by atoms with E-state index < -0.39 is 5.97 Å². The van der Waals surface area contributed by atoms with Gasteiger partial charge in [0.25, 0.3) is 5.91 Å². The maximum Gasteiger partial charge on any atom is 0.339 e. The molecule has 0 saturated carbocycles. The minimum atomic E-state index is -1.15. The van der Waals surface area contributed by atoms with Crippen molar-refractivity contribution in [2.45, 2.75) is 6.92 Å². The number of anilines is 1. The molecule has 0 bridgehead atoms. The first-order chi connectivity index (χ1) is 12.4. The van der Waals surface area contributed by atoms with Crippen LogP contribution in [0.3, 0.4) is 0 Å². The molecule has 2 aromatic carbocycles. The number of hydrogen-bond acceptors (Lipinski definition) is 3. The second kappa shape index (κ2) is 7.50. The molecule has 3 aromatic rings. The fourth-order valence-corrected chi connectivity index (χ4v) is 3.99. The van der Waals surface area contributed by atoms with Gasteiger partial charge < -0.3 is 10.4 Å². The summed E-state index contributed by atoms with van der Waals surface area (Å²) in [5, 5.41) is 15.1. The lowest BCUT2D eigenvalue weighted by molar-refractivity contribution is 0.0699. The lowest BCUT2D eigenvalue weighted by Crippen LogP contribution is -2.13. The Hall–Kier alpha value is -2.34. The van der Waals surface area contributed by atoms with Crippen molar-refractivity contribution in [1.82, 2.24) is 0 Å². The Morgan fingerprint density at radius 3 is 2.50 bits per heavy atom. The highest BCUT2D eigenvalue weighted by Crippen LogP contribution is 2.39. The van der Waals surface area contributed by atoms with Crippen molar-refractivity contribution in [1.29, 1.82) is 0 Å². The number of hydrogen-bond donors (Lipinski definition) is 2. The van der Waals surface area contributed by atoms with Crippen molar-refractivity contribution >= 4 is 51.4 Å². The Morgan fingerprint density at radius 2 is 1.85 bits per heavy atom. The molecule has 0 fully saturated rings. The number of carboxylic acids is 1. The molecular weight excluding hydrogens is 393 g/mol. The molecule has 3 rings (SSSR count). The highest BCUT2D eigenvalue weighted by Gasteiger charge is 2.22. The van der Waals surface area contributed by atoms with Crippen molar-refractivity contribution in [2.75, 3.05) is 5.32 Å². The van der Waals surface area contributed by atoms with Crippen LogP contribution in [0, 0.1) is 6.92 Å². The number of benzene rings is 2. The van der Waals surface area contributed by atoms with E-state index in [2.05, 4.69) is 5.32 Å². The summed E-state index contributed by atoms with van der Waals surface area (Å²) >= 11 is 13.3. The van der Waals surface area contributed by atoms with Gasteiger partial charge in [-0.1, -0.05) is 47.0 Å². The van der Waals surface area contributed by atoms with Gasteiger partial charge in [0.05, 0.1) is 0 Å². The summed E-state index contributed by atoms with van der Waals surface area (Å²) in [5.41, 5.74) is 2.38. The molecular formula is C19H13Cl2NO3S. The number of carboxylic acid groups (broad SMARTS) is 1. The van der Waals surface area contributed by atoms with Crippen molar-refractivity contribution in [3.63, 3.8) is 0 Å². The zero-order valence-electron chi connectivity index (χ0n) is 13.5. The molecule has 0 aliphatic carbocycles. The van der Waals surface area contributed by atoms with Crippen LogP contribution in [0.25, 0.3) is 11.1 Å². The Balaban J connectivity index is 2.00. The molecule has 0 spiro atoms. The molecule has 2 N–H and O–H groups in total. The van der Waals surface area contributed by atoms with Crippen LogP contribution in [0.15, 0.2) is 47.8 Å². The average Bonchev–Trinajstić information content (AvgIpc) is 2.98. The average molecular weight is 406 g/mol. The minimum Gasteiger partial charge on any atom is -0.478 e. The predicted octanol–water partition coefficient (Wildman–Crippen LogP) is 5.98. The number of aryl methyl sites for hydroxylation is 1. The molecule has 1 heterocycles. The first kappa shape index (κ1) is 18.5. The number of halogens is 2. The fraction of sp³-hybridized carbons (Fsp3) is 0.0526. The first-order valence-electron chi connectivity index (χ1n) is 7.55. The smallest absolute Gasteiger partial charge is 0.339 e. The molecule has 4 nitrogen and oxygen atoms in total. The summed E-state index contributed by atoms with van der Waals surface area (Å²) in [7, 11) is 0. The number of amides is 1. The van der Waals surface area contributed by atoms with Gasteiger partial charge in [0, 0.05) is 32.1 Å². The third kappa shape index (κ3) is 3.75. The molecule has 132 valence electrons. The number of carbonyl (C=O) groups excluding carboxylic acids is 1. The summed E-state index contributed by atoms with van der Waals surface area (Å²) in [6.07, 6.45) is 0. The third-order valence-corrected chi connectivity index (χ3v) is 5.18. The topological polar surface area (TPSA) is 66.4 Å². The van der Waals surface area contributed by atoms with Gasteiger partial charge in [-0.25, -0.2) is 4.79 Å². The highest BCUT2D eigenvalue weighted by atomic mass is 35.5. The second-order valence-electron chi connectivity index (χ2n) is 5.61. The van der Waals surface area contributed by atoms with Crippen LogP contribution in [0.2, 0.25) is 10.0 Å². The van der Waals surface area contributed by atoms with E-state index in [9.17, 15) is 14.7 Å². The second-order valence-corrected chi connectivity index (χ2v) is 7.33. The van der Waals surface area contributed by atoms with Gasteiger partial charge in [-0.3, -0.25) is 4.79 Å². The summed E-state index contributed by atoms with van der Waals surface area (Å²) in [4.78, 5) is 24.3. The first-order valence-corrected chi connectivity index (χ1v) is 9.18. The summed E-state index contributed by atoms with van der Waals surface area (Å²) in [6.45, 7) is 1.88. The van der Waals surface area contributed by atoms with Gasteiger partial charge in [-0.15, -0.1) is 11.3 Å². The van der Waals surface area contributed by atoms with E-state index in [-0.39, 0.29) is 16.5 Å². The standard InChI is InChI=1S/C19H13Cl2NO3S/c1-10-3-2-4-11(7-10)17(23)22-18-16(19(24)25)14(9-26-18)13-6-5-12(20)8-15(13)21/h2-9H,1H3,(H,22,23)(H,24,25). The monoisotopic (exact) mass is 405 g/mol. The van der Waals surface area contributed by atoms with Crippen molar-refractivity contribution in [2.24, 2.45) is 0 Å². The van der Waals surface area contributed by atoms with Gasteiger partial charge in [-0.2, -0.15) is 0 Å². The summed E-state index contributed by atoms with van der Waals surface area (Å²) in [6, 6.07) is 11.9. The van der Waals surface area contributed by atoms with Crippen molar-refractivity contribution in [3.8, 4) is 11.1 Å². The molecule has 7 heteroatoms. The number of aromatic carboxylic acids is 1. The van der Waals surface area contributed by atoms with Crippen LogP contribution in [0.5, 0.6) is 0 Å². The lowest BCUT2D eigenvalue weighted by atomic mass is 10.0. The van der Waals surface area contributed by atoms with Crippen LogP contribution in [-0.4, -0.2) is 17.0 Å². The zero-order chi connectivity index (χ0) is 18.8. The van der Waals surface area contributed by atoms with Crippen LogP contribution < -0.4 is 5.32 Å². The zero-order valence-corrected chi connectivity index (χ0v) is 15.9. The number of thiophene rings is 1. The molecule has 0 saturated heterocycles. The predicted molar refractivity (Wildman–Crippen MR) is 106 cm³/mol. The van der Waals surface area contributed by atoms with Crippen LogP contribution in [0.1, 0.15) is 26.3 Å². The quantitative estimate of drug-likeness (QED) is 0.560. The largest absolute Gasteiger partial charge is 0.478 e. The molecule has 26 heavy (non-hydrogen) atoms. The molecule has 0 aliphatic heterocycles. The minimum absolute atomic E-state index is 0.000209.